The maximum absolute atomic E-state index is 10.2. The summed E-state index contributed by atoms with van der Waals surface area (Å²) < 4.78 is 0. The minimum atomic E-state index is 0.537. The van der Waals surface area contributed by atoms with Gasteiger partial charge in [0.05, 0.1) is 11.6 Å². The fourth-order valence-corrected chi connectivity index (χ4v) is 4.51. The second-order valence-electron chi connectivity index (χ2n) is 10.2. The van der Waals surface area contributed by atoms with E-state index < -0.39 is 0 Å². The summed E-state index contributed by atoms with van der Waals surface area (Å²) in [5.74, 6) is 0.807. The van der Waals surface area contributed by atoms with E-state index in [1.807, 2.05) is 57.3 Å². The van der Waals surface area contributed by atoms with E-state index in [0.717, 1.165) is 71.3 Å². The lowest BCUT2D eigenvalue weighted by atomic mass is 9.97. The fraction of sp³-hybridized carbons (Fsp3) is 0.368. The van der Waals surface area contributed by atoms with Gasteiger partial charge in [-0.15, -0.1) is 0 Å². The van der Waals surface area contributed by atoms with Crippen molar-refractivity contribution in [3.8, 4) is 6.07 Å². The van der Waals surface area contributed by atoms with Gasteiger partial charge < -0.3 is 5.32 Å². The van der Waals surface area contributed by atoms with Gasteiger partial charge in [-0.2, -0.15) is 5.26 Å². The molecular formula is C38H50ClN3. The van der Waals surface area contributed by atoms with Gasteiger partial charge in [-0.1, -0.05) is 99.4 Å². The van der Waals surface area contributed by atoms with Crippen molar-refractivity contribution in [1.82, 2.24) is 4.98 Å². The summed E-state index contributed by atoms with van der Waals surface area (Å²) in [5.41, 5.74) is 8.01. The molecule has 4 heteroatoms. The minimum absolute atomic E-state index is 0.537. The van der Waals surface area contributed by atoms with Crippen LogP contribution in [0.4, 0.5) is 5.82 Å². The van der Waals surface area contributed by atoms with E-state index >= 15 is 0 Å². The van der Waals surface area contributed by atoms with E-state index in [4.69, 9.17) is 11.6 Å². The molecule has 0 saturated carbocycles. The topological polar surface area (TPSA) is 48.7 Å². The number of aromatic nitrogens is 1. The van der Waals surface area contributed by atoms with Crippen LogP contribution in [0.5, 0.6) is 0 Å². The van der Waals surface area contributed by atoms with Crippen LogP contribution in [0.15, 0.2) is 112 Å². The summed E-state index contributed by atoms with van der Waals surface area (Å²) in [5, 5.41) is 14.4. The van der Waals surface area contributed by atoms with Crippen LogP contribution < -0.4 is 5.32 Å². The predicted octanol–water partition coefficient (Wildman–Crippen LogP) is 11.7. The van der Waals surface area contributed by atoms with Gasteiger partial charge in [0.1, 0.15) is 5.82 Å². The third kappa shape index (κ3) is 12.9. The zero-order chi connectivity index (χ0) is 31.3. The van der Waals surface area contributed by atoms with Gasteiger partial charge in [0.2, 0.25) is 0 Å². The summed E-state index contributed by atoms with van der Waals surface area (Å²) in [6, 6.07) is 4.47. The molecule has 0 unspecified atom stereocenters. The average molecular weight is 584 g/mol. The Morgan fingerprint density at radius 1 is 1.00 bits per heavy atom. The number of nitriles is 1. The molecule has 1 N–H and O–H groups in total. The zero-order valence-electron chi connectivity index (χ0n) is 27.0. The zero-order valence-corrected chi connectivity index (χ0v) is 27.8. The molecular weight excluding hydrogens is 534 g/mol. The van der Waals surface area contributed by atoms with Gasteiger partial charge in [0.25, 0.3) is 0 Å². The van der Waals surface area contributed by atoms with Gasteiger partial charge in [-0.25, -0.2) is 4.98 Å². The maximum atomic E-state index is 10.2. The van der Waals surface area contributed by atoms with Crippen molar-refractivity contribution in [2.75, 3.05) is 11.9 Å². The molecule has 0 spiro atoms. The molecule has 1 aromatic heterocycles. The molecule has 0 aromatic carbocycles. The number of hydrogen-bond donors (Lipinski definition) is 1. The second kappa shape index (κ2) is 21.1. The van der Waals surface area contributed by atoms with Crippen LogP contribution in [0, 0.1) is 18.3 Å². The molecule has 1 heterocycles. The van der Waals surface area contributed by atoms with Crippen molar-refractivity contribution in [3.05, 3.63) is 123 Å². The Hall–Kier alpha value is -3.61. The molecule has 224 valence electrons. The number of hydrogen-bond acceptors (Lipinski definition) is 3. The molecule has 0 bridgehead atoms. The predicted molar refractivity (Wildman–Crippen MR) is 186 cm³/mol. The van der Waals surface area contributed by atoms with Crippen LogP contribution >= 0.6 is 11.6 Å². The molecule has 0 aliphatic heterocycles. The van der Waals surface area contributed by atoms with E-state index in [-0.39, 0.29) is 0 Å². The van der Waals surface area contributed by atoms with Crippen LogP contribution in [-0.4, -0.2) is 11.5 Å². The highest BCUT2D eigenvalue weighted by molar-refractivity contribution is 6.31. The molecule has 1 aromatic rings. The Bertz CT molecular complexity index is 1330. The number of nitrogens with zero attached hydrogens (tertiary/aromatic N) is 2. The number of pyridine rings is 1. The average Bonchev–Trinajstić information content (AvgIpc) is 2.97. The molecule has 42 heavy (non-hydrogen) atoms. The van der Waals surface area contributed by atoms with E-state index in [1.165, 1.54) is 5.57 Å². The molecule has 0 fully saturated rings. The molecule has 0 saturated heterocycles. The van der Waals surface area contributed by atoms with Crippen molar-refractivity contribution in [1.29, 1.82) is 5.26 Å². The van der Waals surface area contributed by atoms with Crippen molar-refractivity contribution in [3.63, 3.8) is 0 Å². The van der Waals surface area contributed by atoms with Gasteiger partial charge in [0.15, 0.2) is 0 Å². The van der Waals surface area contributed by atoms with Crippen LogP contribution in [0.3, 0.4) is 0 Å². The van der Waals surface area contributed by atoms with Gasteiger partial charge >= 0.3 is 0 Å². The lowest BCUT2D eigenvalue weighted by Crippen LogP contribution is -2.08. The standard InChI is InChI=1S/C38H50ClN3/c1-9-14-16-20-32(25-35(27-40)30(7)34(19-12-4)24-29(6)18-11-3)28-42-38-31(8)37(22-23-41-38)33(13-5)26-36(39)21-17-15-10-2/h12-13,16-26H,9-11,14-15,28H2,1-8H3,(H,41,42)/b19-12-,20-16+,21-17+,29-18+,32-25+,33-13+,34-24+,35-30-,36-26+. The fourth-order valence-electron chi connectivity index (χ4n) is 4.30. The summed E-state index contributed by atoms with van der Waals surface area (Å²) in [7, 11) is 0. The van der Waals surface area contributed by atoms with Crippen molar-refractivity contribution in [2.45, 2.75) is 87.5 Å². The van der Waals surface area contributed by atoms with Crippen molar-refractivity contribution < 1.29 is 0 Å². The molecule has 0 amide bonds. The largest absolute Gasteiger partial charge is 0.366 e. The summed E-state index contributed by atoms with van der Waals surface area (Å²) in [6.45, 7) is 17.2. The first kappa shape index (κ1) is 36.4. The van der Waals surface area contributed by atoms with E-state index in [9.17, 15) is 5.26 Å². The van der Waals surface area contributed by atoms with Gasteiger partial charge in [0, 0.05) is 17.8 Å². The molecule has 3 nitrogen and oxygen atoms in total. The summed E-state index contributed by atoms with van der Waals surface area (Å²) in [6.07, 6.45) is 29.8. The lowest BCUT2D eigenvalue weighted by Gasteiger charge is -2.14. The highest BCUT2D eigenvalue weighted by Gasteiger charge is 2.10. The third-order valence-electron chi connectivity index (χ3n) is 6.64. The maximum Gasteiger partial charge on any atom is 0.129 e. The number of rotatable bonds is 16. The van der Waals surface area contributed by atoms with E-state index in [0.29, 0.717) is 17.2 Å². The van der Waals surface area contributed by atoms with Crippen LogP contribution in [0.2, 0.25) is 0 Å². The minimum Gasteiger partial charge on any atom is -0.366 e. The molecule has 1 rings (SSSR count). The normalized spacial score (nSPS) is 14.7. The Morgan fingerprint density at radius 2 is 1.69 bits per heavy atom. The van der Waals surface area contributed by atoms with Crippen LogP contribution in [0.1, 0.15) is 91.7 Å². The Morgan fingerprint density at radius 3 is 2.29 bits per heavy atom. The number of anilines is 1. The molecule has 0 aliphatic carbocycles. The Balaban J connectivity index is 3.48. The first-order chi connectivity index (χ1) is 20.3. The van der Waals surface area contributed by atoms with Crippen LogP contribution in [-0.2, 0) is 0 Å². The van der Waals surface area contributed by atoms with E-state index in [1.54, 1.807) is 0 Å². The first-order valence-electron chi connectivity index (χ1n) is 15.1. The smallest absolute Gasteiger partial charge is 0.129 e. The van der Waals surface area contributed by atoms with Gasteiger partial charge in [-0.3, -0.25) is 0 Å². The number of nitrogens with one attached hydrogen (secondary N) is 1. The molecule has 0 atom stereocenters. The third-order valence-corrected chi connectivity index (χ3v) is 6.88. The van der Waals surface area contributed by atoms with Gasteiger partial charge in [-0.05, 0) is 112 Å². The van der Waals surface area contributed by atoms with Crippen molar-refractivity contribution in [2.24, 2.45) is 0 Å². The number of allylic oxidation sites excluding steroid dienone is 16. The number of unbranched alkanes of at least 4 members (excludes halogenated alkanes) is 2. The molecule has 0 aliphatic rings. The van der Waals surface area contributed by atoms with Crippen LogP contribution in [0.25, 0.3) is 5.57 Å². The lowest BCUT2D eigenvalue weighted by molar-refractivity contribution is 0.957. The monoisotopic (exact) mass is 583 g/mol. The summed E-state index contributed by atoms with van der Waals surface area (Å²) >= 11 is 6.51. The number of halogens is 1. The Kier molecular flexibility index (Phi) is 18.3. The SMILES string of the molecule is C\C=C/C(=C\C(C)=C\CC)C(/C)=C(C#N)/C=C(\C=C\CCC)CNc1nccc(C(/C=C(Cl)\C=C\CCC)=C/C)c1C. The quantitative estimate of drug-likeness (QED) is 0.155. The Labute approximate surface area is 261 Å². The highest BCUT2D eigenvalue weighted by Crippen LogP contribution is 2.27. The van der Waals surface area contributed by atoms with E-state index in [2.05, 4.69) is 93.5 Å². The first-order valence-corrected chi connectivity index (χ1v) is 15.5. The van der Waals surface area contributed by atoms with Crippen molar-refractivity contribution >= 4 is 23.0 Å². The second-order valence-corrected chi connectivity index (χ2v) is 10.6. The molecule has 0 radical (unpaired) electrons. The highest BCUT2D eigenvalue weighted by atomic mass is 35.5. The summed E-state index contributed by atoms with van der Waals surface area (Å²) in [4.78, 5) is 4.64.